The molecule has 218 valence electrons. The quantitative estimate of drug-likeness (QED) is 0.136. The number of hydrogen-bond acceptors (Lipinski definition) is 10. The molecule has 0 fully saturated rings. The number of nitrogens with one attached hydrogen (secondary N) is 3. The number of fused-ring (bicyclic) bond motifs is 1. The predicted molar refractivity (Wildman–Crippen MR) is 132 cm³/mol. The Balaban J connectivity index is 1.58. The highest BCUT2D eigenvalue weighted by Gasteiger charge is 2.44. The van der Waals surface area contributed by atoms with Crippen molar-refractivity contribution in [2.24, 2.45) is 0 Å². The molecule has 41 heavy (non-hydrogen) atoms. The molecule has 4 rings (SSSR count). The van der Waals surface area contributed by atoms with Gasteiger partial charge in [0.1, 0.15) is 5.82 Å². The van der Waals surface area contributed by atoms with Crippen molar-refractivity contribution in [1.29, 1.82) is 0 Å². The van der Waals surface area contributed by atoms with Crippen LogP contribution in [0.5, 0.6) is 17.2 Å². The van der Waals surface area contributed by atoms with E-state index in [1.807, 2.05) is 0 Å². The summed E-state index contributed by atoms with van der Waals surface area (Å²) in [5.41, 5.74) is -0.0227. The van der Waals surface area contributed by atoms with Crippen LogP contribution in [0.25, 0.3) is 0 Å². The van der Waals surface area contributed by atoms with Crippen LogP contribution in [0.1, 0.15) is 15.9 Å². The van der Waals surface area contributed by atoms with Crippen LogP contribution in [0.2, 0.25) is 0 Å². The highest BCUT2D eigenvalue weighted by Crippen LogP contribution is 2.42. The van der Waals surface area contributed by atoms with Gasteiger partial charge in [0.05, 0.1) is 24.0 Å². The zero-order valence-corrected chi connectivity index (χ0v) is 20.7. The van der Waals surface area contributed by atoms with E-state index in [1.54, 1.807) is 6.07 Å². The van der Waals surface area contributed by atoms with Gasteiger partial charge >= 0.3 is 18.4 Å². The highest BCUT2D eigenvalue weighted by atomic mass is 19.4. The van der Waals surface area contributed by atoms with E-state index >= 15 is 0 Å². The summed E-state index contributed by atoms with van der Waals surface area (Å²) < 4.78 is 78.6. The van der Waals surface area contributed by atoms with Gasteiger partial charge in [-0.1, -0.05) is 6.07 Å². The van der Waals surface area contributed by atoms with Gasteiger partial charge in [0.25, 0.3) is 5.91 Å². The number of benzene rings is 2. The van der Waals surface area contributed by atoms with Crippen LogP contribution in [0.4, 0.5) is 39.1 Å². The van der Waals surface area contributed by atoms with Gasteiger partial charge in [-0.15, -0.1) is 8.78 Å². The standard InChI is InChI=1S/C25H21F5N4O7/c26-24(27,28)23(38)39-18-3-1-2-16(22(37)34-14-4-5-17-19(9-14)41-25(29,30)40-17)21(18)33-10-13-6-7-31-20(8-13)32-11-15(36)12-35/h1-9,15,33,35-36H,10-12H2,(H,31,32)(H,34,37). The molecule has 3 aromatic rings. The Hall–Kier alpha value is -4.70. The first-order valence-electron chi connectivity index (χ1n) is 11.7. The summed E-state index contributed by atoms with van der Waals surface area (Å²) in [5, 5.41) is 26.4. The topological polar surface area (TPSA) is 151 Å². The van der Waals surface area contributed by atoms with Crippen LogP contribution in [0, 0.1) is 0 Å². The number of aliphatic hydroxyl groups is 2. The number of pyridine rings is 1. The lowest BCUT2D eigenvalue weighted by Crippen LogP contribution is -2.28. The molecule has 0 aliphatic carbocycles. The molecule has 1 aliphatic heterocycles. The van der Waals surface area contributed by atoms with Crippen LogP contribution >= 0.6 is 0 Å². The molecule has 0 saturated heterocycles. The van der Waals surface area contributed by atoms with E-state index in [1.165, 1.54) is 30.5 Å². The summed E-state index contributed by atoms with van der Waals surface area (Å²) in [6.07, 6.45) is -8.86. The van der Waals surface area contributed by atoms with Gasteiger partial charge in [0, 0.05) is 31.0 Å². The van der Waals surface area contributed by atoms with Crippen molar-refractivity contribution in [2.75, 3.05) is 29.1 Å². The second kappa shape index (κ2) is 11.8. The third kappa shape index (κ3) is 7.49. The van der Waals surface area contributed by atoms with Gasteiger partial charge in [-0.3, -0.25) is 4.79 Å². The Labute approximate surface area is 227 Å². The minimum Gasteiger partial charge on any atom is -0.418 e. The van der Waals surface area contributed by atoms with Crippen molar-refractivity contribution in [1.82, 2.24) is 4.98 Å². The van der Waals surface area contributed by atoms with Crippen LogP contribution in [-0.2, 0) is 11.3 Å². The van der Waals surface area contributed by atoms with Gasteiger partial charge < -0.3 is 40.4 Å². The number of rotatable bonds is 10. The van der Waals surface area contributed by atoms with Crippen LogP contribution < -0.4 is 30.2 Å². The molecule has 1 atom stereocenters. The number of nitrogens with zero attached hydrogens (tertiary/aromatic N) is 1. The maximum absolute atomic E-state index is 13.3. The molecule has 16 heteroatoms. The SMILES string of the molecule is O=C(Nc1ccc2c(c1)OC(F)(F)O2)c1cccc(OC(=O)C(F)(F)F)c1NCc1ccnc(NCC(O)CO)c1. The van der Waals surface area contributed by atoms with Gasteiger partial charge in [0.2, 0.25) is 0 Å². The summed E-state index contributed by atoms with van der Waals surface area (Å²) in [5.74, 6) is -4.34. The van der Waals surface area contributed by atoms with Crippen LogP contribution in [0.15, 0.2) is 54.7 Å². The Morgan fingerprint density at radius 2 is 1.80 bits per heavy atom. The number of halogens is 5. The third-order valence-corrected chi connectivity index (χ3v) is 5.39. The zero-order valence-electron chi connectivity index (χ0n) is 20.7. The number of carbonyl (C=O) groups excluding carboxylic acids is 2. The number of carbonyl (C=O) groups is 2. The maximum Gasteiger partial charge on any atom is 0.586 e. The Kier molecular flexibility index (Phi) is 8.44. The van der Waals surface area contributed by atoms with Gasteiger partial charge in [-0.05, 0) is 42.0 Å². The predicted octanol–water partition coefficient (Wildman–Crippen LogP) is 3.50. The number of alkyl halides is 5. The van der Waals surface area contributed by atoms with E-state index in [0.717, 1.165) is 18.2 Å². The van der Waals surface area contributed by atoms with E-state index in [0.29, 0.717) is 11.4 Å². The summed E-state index contributed by atoms with van der Waals surface area (Å²) in [6.45, 7) is -0.594. The first kappa shape index (κ1) is 29.3. The first-order chi connectivity index (χ1) is 19.3. The molecule has 0 bridgehead atoms. The van der Waals surface area contributed by atoms with Crippen molar-refractivity contribution >= 4 is 29.1 Å². The van der Waals surface area contributed by atoms with Crippen LogP contribution in [-0.4, -0.2) is 58.8 Å². The van der Waals surface area contributed by atoms with Crippen molar-refractivity contribution in [3.05, 3.63) is 65.9 Å². The lowest BCUT2D eigenvalue weighted by Gasteiger charge is -2.17. The average molecular weight is 584 g/mol. The summed E-state index contributed by atoms with van der Waals surface area (Å²) >= 11 is 0. The van der Waals surface area contributed by atoms with Crippen molar-refractivity contribution in [3.8, 4) is 17.2 Å². The number of aromatic nitrogens is 1. The monoisotopic (exact) mass is 584 g/mol. The number of para-hydroxylation sites is 1. The molecule has 1 amide bonds. The third-order valence-electron chi connectivity index (χ3n) is 5.39. The lowest BCUT2D eigenvalue weighted by atomic mass is 10.1. The van der Waals surface area contributed by atoms with E-state index in [-0.39, 0.29) is 41.5 Å². The molecular weight excluding hydrogens is 563 g/mol. The number of amides is 1. The second-order valence-corrected chi connectivity index (χ2v) is 8.47. The van der Waals surface area contributed by atoms with Gasteiger partial charge in [-0.2, -0.15) is 13.2 Å². The van der Waals surface area contributed by atoms with E-state index in [2.05, 4.69) is 35.1 Å². The molecule has 11 nitrogen and oxygen atoms in total. The first-order valence-corrected chi connectivity index (χ1v) is 11.7. The van der Waals surface area contributed by atoms with Crippen LogP contribution in [0.3, 0.4) is 0 Å². The van der Waals surface area contributed by atoms with Crippen molar-refractivity contribution < 1.29 is 56.0 Å². The number of anilines is 3. The molecule has 1 aliphatic rings. The smallest absolute Gasteiger partial charge is 0.418 e. The molecule has 2 aromatic carbocycles. The molecule has 1 unspecified atom stereocenters. The fraction of sp³-hybridized carbons (Fsp3) is 0.240. The van der Waals surface area contributed by atoms with Crippen molar-refractivity contribution in [2.45, 2.75) is 25.1 Å². The second-order valence-electron chi connectivity index (χ2n) is 8.47. The molecule has 0 spiro atoms. The summed E-state index contributed by atoms with van der Waals surface area (Å²) in [6, 6.07) is 9.97. The number of hydrogen-bond donors (Lipinski definition) is 5. The zero-order chi connectivity index (χ0) is 29.8. The minimum absolute atomic E-state index is 0.00592. The fourth-order valence-electron chi connectivity index (χ4n) is 3.53. The molecule has 1 aromatic heterocycles. The summed E-state index contributed by atoms with van der Waals surface area (Å²) in [7, 11) is 0. The number of aliphatic hydroxyl groups excluding tert-OH is 2. The Bertz CT molecular complexity index is 1440. The highest BCUT2D eigenvalue weighted by molar-refractivity contribution is 6.09. The summed E-state index contributed by atoms with van der Waals surface area (Å²) in [4.78, 5) is 28.8. The molecule has 0 radical (unpaired) electrons. The van der Waals surface area contributed by atoms with E-state index < -0.39 is 42.8 Å². The van der Waals surface area contributed by atoms with Gasteiger partial charge in [-0.25, -0.2) is 9.78 Å². The van der Waals surface area contributed by atoms with E-state index in [9.17, 15) is 36.6 Å². The molecule has 5 N–H and O–H groups in total. The Morgan fingerprint density at radius 3 is 2.54 bits per heavy atom. The molecule has 0 saturated carbocycles. The number of ether oxygens (including phenoxy) is 3. The lowest BCUT2D eigenvalue weighted by molar-refractivity contribution is -0.286. The van der Waals surface area contributed by atoms with Crippen molar-refractivity contribution in [3.63, 3.8) is 0 Å². The van der Waals surface area contributed by atoms with E-state index in [4.69, 9.17) is 5.11 Å². The Morgan fingerprint density at radius 1 is 1.05 bits per heavy atom. The largest absolute Gasteiger partial charge is 0.586 e. The fourth-order valence-corrected chi connectivity index (χ4v) is 3.53. The minimum atomic E-state index is -5.32. The average Bonchev–Trinajstić information content (AvgIpc) is 3.23. The van der Waals surface area contributed by atoms with Gasteiger partial charge in [0.15, 0.2) is 17.2 Å². The molecule has 2 heterocycles. The maximum atomic E-state index is 13.3. The number of esters is 1. The normalized spacial score (nSPS) is 14.2. The molecular formula is C25H21F5N4O7.